The Morgan fingerprint density at radius 1 is 1.44 bits per heavy atom. The van der Waals surface area contributed by atoms with Gasteiger partial charge in [-0.1, -0.05) is 0 Å². The van der Waals surface area contributed by atoms with Crippen molar-refractivity contribution in [1.29, 1.82) is 0 Å². The molecular weight excluding hydrogens is 242 g/mol. The Kier molecular flexibility index (Phi) is 5.52. The second kappa shape index (κ2) is 7.17. The molecule has 18 heavy (non-hydrogen) atoms. The first-order chi connectivity index (χ1) is 8.70. The summed E-state index contributed by atoms with van der Waals surface area (Å²) in [6.45, 7) is 2.62. The molecule has 0 aliphatic carbocycles. The molecule has 1 aliphatic rings. The van der Waals surface area contributed by atoms with Crippen LogP contribution in [-0.2, 0) is 4.74 Å². The van der Waals surface area contributed by atoms with E-state index in [1.165, 1.54) is 5.34 Å². The molecule has 0 unspecified atom stereocenters. The number of carboxylic acid groups (broad SMARTS) is 1. The van der Waals surface area contributed by atoms with Gasteiger partial charge in [0, 0.05) is 19.3 Å². The van der Waals surface area contributed by atoms with Gasteiger partial charge in [-0.25, -0.2) is 9.78 Å². The summed E-state index contributed by atoms with van der Waals surface area (Å²) in [6.07, 6.45) is 1.61. The van der Waals surface area contributed by atoms with E-state index in [0.29, 0.717) is 32.1 Å². The monoisotopic (exact) mass is 255 g/mol. The molecule has 1 aliphatic heterocycles. The van der Waals surface area contributed by atoms with E-state index in [2.05, 4.69) is 4.98 Å². The number of morpholine rings is 1. The highest BCUT2D eigenvalue weighted by molar-refractivity contribution is 5.93. The number of anilines is 1. The first kappa shape index (κ1) is 13.8. The van der Waals surface area contributed by atoms with Gasteiger partial charge < -0.3 is 20.0 Å². The second-order valence-electron chi connectivity index (χ2n) is 3.36. The van der Waals surface area contributed by atoms with Gasteiger partial charge in [0.1, 0.15) is 11.4 Å². The lowest BCUT2D eigenvalue weighted by Gasteiger charge is -2.28. The molecular formula is C10H13N3O5. The molecule has 2 N–H and O–H groups in total. The fourth-order valence-corrected chi connectivity index (χ4v) is 1.59. The summed E-state index contributed by atoms with van der Waals surface area (Å²) in [4.78, 5) is 25.1. The highest BCUT2D eigenvalue weighted by atomic mass is 16.6. The Morgan fingerprint density at radius 2 is 2.06 bits per heavy atom. The second-order valence-corrected chi connectivity index (χ2v) is 3.36. The minimum Gasteiger partial charge on any atom is -0.478 e. The van der Waals surface area contributed by atoms with E-state index in [0.717, 1.165) is 0 Å². The molecule has 2 rings (SSSR count). The van der Waals surface area contributed by atoms with Gasteiger partial charge in [-0.2, -0.15) is 0 Å². The van der Waals surface area contributed by atoms with Crippen molar-refractivity contribution in [3.05, 3.63) is 28.8 Å². The van der Waals surface area contributed by atoms with Gasteiger partial charge in [0.25, 0.3) is 0 Å². The predicted octanol–water partition coefficient (Wildman–Crippen LogP) is 0.758. The zero-order valence-corrected chi connectivity index (χ0v) is 9.52. The SMILES string of the molecule is O=C(O)c1cccnc1N1CCOCC1.O=NO. The molecule has 0 bridgehead atoms. The molecule has 1 aromatic heterocycles. The van der Waals surface area contributed by atoms with Crippen LogP contribution in [0.25, 0.3) is 0 Å². The Bertz CT molecular complexity index is 406. The summed E-state index contributed by atoms with van der Waals surface area (Å²) in [7, 11) is 0. The van der Waals surface area contributed by atoms with Crippen LogP contribution in [-0.4, -0.2) is 47.6 Å². The predicted molar refractivity (Wildman–Crippen MR) is 61.8 cm³/mol. The van der Waals surface area contributed by atoms with Crippen molar-refractivity contribution in [2.45, 2.75) is 0 Å². The van der Waals surface area contributed by atoms with Crippen LogP contribution < -0.4 is 4.90 Å². The maximum Gasteiger partial charge on any atom is 0.339 e. The lowest BCUT2D eigenvalue weighted by Crippen LogP contribution is -2.37. The average Bonchev–Trinajstić information content (AvgIpc) is 2.40. The number of carbonyl (C=O) groups is 1. The van der Waals surface area contributed by atoms with Crippen molar-refractivity contribution < 1.29 is 19.8 Å². The number of ether oxygens (including phenoxy) is 1. The van der Waals surface area contributed by atoms with E-state index in [9.17, 15) is 4.79 Å². The highest BCUT2D eigenvalue weighted by Crippen LogP contribution is 2.17. The van der Waals surface area contributed by atoms with Crippen LogP contribution in [0.4, 0.5) is 5.82 Å². The molecule has 0 spiro atoms. The number of carboxylic acids is 1. The smallest absolute Gasteiger partial charge is 0.339 e. The summed E-state index contributed by atoms with van der Waals surface area (Å²) in [5, 5.41) is 16.9. The highest BCUT2D eigenvalue weighted by Gasteiger charge is 2.18. The van der Waals surface area contributed by atoms with Crippen molar-refractivity contribution in [2.75, 3.05) is 31.2 Å². The van der Waals surface area contributed by atoms with E-state index in [1.54, 1.807) is 18.3 Å². The van der Waals surface area contributed by atoms with Gasteiger partial charge in [0.05, 0.1) is 13.2 Å². The van der Waals surface area contributed by atoms with E-state index < -0.39 is 5.97 Å². The van der Waals surface area contributed by atoms with Crippen LogP contribution >= 0.6 is 0 Å². The number of aromatic nitrogens is 1. The Labute approximate surface area is 103 Å². The lowest BCUT2D eigenvalue weighted by molar-refractivity contribution is 0.0696. The molecule has 2 heterocycles. The number of hydrogen-bond donors (Lipinski definition) is 2. The third-order valence-corrected chi connectivity index (χ3v) is 2.33. The maximum atomic E-state index is 11.0. The minimum absolute atomic E-state index is 0.249. The largest absolute Gasteiger partial charge is 0.478 e. The number of rotatable bonds is 2. The van der Waals surface area contributed by atoms with Crippen molar-refractivity contribution in [3.63, 3.8) is 0 Å². The van der Waals surface area contributed by atoms with Crippen molar-refractivity contribution >= 4 is 11.8 Å². The van der Waals surface area contributed by atoms with Gasteiger partial charge in [0.15, 0.2) is 5.34 Å². The summed E-state index contributed by atoms with van der Waals surface area (Å²) in [6, 6.07) is 3.20. The molecule has 98 valence electrons. The summed E-state index contributed by atoms with van der Waals surface area (Å²) >= 11 is 0. The quantitative estimate of drug-likeness (QED) is 0.592. The number of aromatic carboxylic acids is 1. The van der Waals surface area contributed by atoms with Crippen molar-refractivity contribution in [2.24, 2.45) is 5.34 Å². The van der Waals surface area contributed by atoms with Gasteiger partial charge in [-0.05, 0) is 12.1 Å². The standard InChI is InChI=1S/C10H12N2O3.HNO2/c13-10(14)8-2-1-3-11-9(8)12-4-6-15-7-5-12;2-1-3/h1-3H,4-7H2,(H,13,14);(H,2,3). The zero-order valence-electron chi connectivity index (χ0n) is 9.52. The third-order valence-electron chi connectivity index (χ3n) is 2.33. The fraction of sp³-hybridized carbons (Fsp3) is 0.400. The van der Waals surface area contributed by atoms with Crippen molar-refractivity contribution in [1.82, 2.24) is 4.98 Å². The average molecular weight is 255 g/mol. The molecule has 0 atom stereocenters. The summed E-state index contributed by atoms with van der Waals surface area (Å²) in [5.41, 5.74) is 0.249. The molecule has 0 radical (unpaired) electrons. The third kappa shape index (κ3) is 3.67. The zero-order chi connectivity index (χ0) is 13.4. The molecule has 1 saturated heterocycles. The van der Waals surface area contributed by atoms with Gasteiger partial charge >= 0.3 is 5.97 Å². The van der Waals surface area contributed by atoms with E-state index in [-0.39, 0.29) is 5.56 Å². The summed E-state index contributed by atoms with van der Waals surface area (Å²) < 4.78 is 5.20. The number of pyridine rings is 1. The Hall–Kier alpha value is -2.22. The van der Waals surface area contributed by atoms with Crippen LogP contribution in [0.5, 0.6) is 0 Å². The minimum atomic E-state index is -0.940. The van der Waals surface area contributed by atoms with Gasteiger partial charge in [-0.15, -0.1) is 4.91 Å². The first-order valence-corrected chi connectivity index (χ1v) is 5.18. The van der Waals surface area contributed by atoms with E-state index >= 15 is 0 Å². The van der Waals surface area contributed by atoms with E-state index in [1.807, 2.05) is 4.90 Å². The molecule has 1 fully saturated rings. The normalized spacial score (nSPS) is 14.3. The van der Waals surface area contributed by atoms with Crippen molar-refractivity contribution in [3.8, 4) is 0 Å². The topological polar surface area (TPSA) is 112 Å². The van der Waals surface area contributed by atoms with Crippen LogP contribution in [0.2, 0.25) is 0 Å². The number of hydrogen-bond acceptors (Lipinski definition) is 6. The van der Waals surface area contributed by atoms with Crippen LogP contribution in [0.1, 0.15) is 10.4 Å². The molecule has 0 saturated carbocycles. The number of nitrogens with zero attached hydrogens (tertiary/aromatic N) is 3. The Morgan fingerprint density at radius 3 is 2.61 bits per heavy atom. The van der Waals surface area contributed by atoms with Crippen LogP contribution in [0.15, 0.2) is 23.7 Å². The van der Waals surface area contributed by atoms with E-state index in [4.69, 9.17) is 20.0 Å². The molecule has 8 heteroatoms. The maximum absolute atomic E-state index is 11.0. The lowest BCUT2D eigenvalue weighted by atomic mass is 10.2. The fourth-order valence-electron chi connectivity index (χ4n) is 1.59. The molecule has 1 aromatic rings. The first-order valence-electron chi connectivity index (χ1n) is 5.18. The van der Waals surface area contributed by atoms with Gasteiger partial charge in [0.2, 0.25) is 0 Å². The van der Waals surface area contributed by atoms with Crippen LogP contribution in [0, 0.1) is 4.91 Å². The summed E-state index contributed by atoms with van der Waals surface area (Å²) in [5.74, 6) is -0.405. The molecule has 0 amide bonds. The van der Waals surface area contributed by atoms with Crippen LogP contribution in [0.3, 0.4) is 0 Å². The molecule has 0 aromatic carbocycles. The van der Waals surface area contributed by atoms with Gasteiger partial charge in [-0.3, -0.25) is 0 Å². The Balaban J connectivity index is 0.000000492. The molecule has 8 nitrogen and oxygen atoms in total.